The van der Waals surface area contributed by atoms with Crippen LogP contribution in [0.15, 0.2) is 43.0 Å². The molecule has 0 radical (unpaired) electrons. The van der Waals surface area contributed by atoms with Gasteiger partial charge < -0.3 is 4.74 Å². The van der Waals surface area contributed by atoms with Crippen LogP contribution in [0.5, 0.6) is 0 Å². The minimum atomic E-state index is -0.454. The van der Waals surface area contributed by atoms with Crippen molar-refractivity contribution in [2.24, 2.45) is 0 Å². The van der Waals surface area contributed by atoms with E-state index < -0.39 is 5.97 Å². The van der Waals surface area contributed by atoms with E-state index in [0.717, 1.165) is 32.1 Å². The van der Waals surface area contributed by atoms with Crippen molar-refractivity contribution in [1.82, 2.24) is 0 Å². The number of carbonyl (C=O) groups is 2. The first-order valence-corrected chi connectivity index (χ1v) is 9.42. The molecule has 0 atom stereocenters. The summed E-state index contributed by atoms with van der Waals surface area (Å²) in [7, 11) is 0. The molecule has 0 aliphatic rings. The van der Waals surface area contributed by atoms with Crippen LogP contribution in [0.25, 0.3) is 0 Å². The van der Waals surface area contributed by atoms with Crippen LogP contribution in [0.1, 0.15) is 68.1 Å². The summed E-state index contributed by atoms with van der Waals surface area (Å²) < 4.78 is 4.92. The summed E-state index contributed by atoms with van der Waals surface area (Å²) in [5.74, 6) is -0.798. The monoisotopic (exact) mass is 362 g/mol. The molecule has 0 fully saturated rings. The number of benzene rings is 1. The van der Waals surface area contributed by atoms with E-state index in [0.29, 0.717) is 18.8 Å². The zero-order chi connectivity index (χ0) is 18.9. The molecule has 0 aliphatic heterocycles. The zero-order valence-corrected chi connectivity index (χ0v) is 15.5. The maximum absolute atomic E-state index is 11.6. The first-order valence-electron chi connectivity index (χ1n) is 9.42. The predicted molar refractivity (Wildman–Crippen MR) is 101 cm³/mol. The number of hydrogen-bond donors (Lipinski definition) is 0. The molecule has 26 heavy (non-hydrogen) atoms. The molecule has 1 rings (SSSR count). The van der Waals surface area contributed by atoms with Crippen LogP contribution in [0.4, 0.5) is 0 Å². The zero-order valence-electron chi connectivity index (χ0n) is 15.5. The van der Waals surface area contributed by atoms with Gasteiger partial charge in [0, 0.05) is 6.08 Å². The van der Waals surface area contributed by atoms with Gasteiger partial charge >= 0.3 is 11.9 Å². The first kappa shape index (κ1) is 21.9. The van der Waals surface area contributed by atoms with Gasteiger partial charge in [0.25, 0.3) is 0 Å². The van der Waals surface area contributed by atoms with E-state index >= 15 is 0 Å². The second-order valence-electron chi connectivity index (χ2n) is 6.11. The van der Waals surface area contributed by atoms with E-state index in [1.54, 1.807) is 24.3 Å². The first-order chi connectivity index (χ1) is 12.7. The quantitative estimate of drug-likeness (QED) is 0.144. The van der Waals surface area contributed by atoms with Gasteiger partial charge in [-0.3, -0.25) is 4.89 Å². The Kier molecular flexibility index (Phi) is 12.8. The maximum atomic E-state index is 11.6. The van der Waals surface area contributed by atoms with Gasteiger partial charge in [0.1, 0.15) is 0 Å². The Morgan fingerprint density at radius 2 is 1.35 bits per heavy atom. The van der Waals surface area contributed by atoms with E-state index in [9.17, 15) is 9.59 Å². The number of esters is 1. The molecule has 0 N–H and O–H groups in total. The Bertz CT molecular complexity index is 512. The molecule has 144 valence electrons. The fraction of sp³-hybridized carbons (Fsp3) is 0.524. The van der Waals surface area contributed by atoms with Crippen LogP contribution in [0.2, 0.25) is 0 Å². The van der Waals surface area contributed by atoms with E-state index in [2.05, 4.69) is 6.58 Å². The van der Waals surface area contributed by atoms with E-state index in [1.807, 2.05) is 6.07 Å². The van der Waals surface area contributed by atoms with E-state index in [1.165, 1.54) is 31.8 Å². The molecule has 0 saturated carbocycles. The smallest absolute Gasteiger partial charge is 0.373 e. The average molecular weight is 362 g/mol. The molecule has 0 heterocycles. The molecule has 0 unspecified atom stereocenters. The van der Waals surface area contributed by atoms with Crippen LogP contribution in [-0.2, 0) is 19.3 Å². The molecule has 5 heteroatoms. The van der Waals surface area contributed by atoms with Gasteiger partial charge in [-0.15, -0.1) is 0 Å². The fourth-order valence-electron chi connectivity index (χ4n) is 2.45. The van der Waals surface area contributed by atoms with E-state index in [-0.39, 0.29) is 5.97 Å². The molecular formula is C21H30O5. The lowest BCUT2D eigenvalue weighted by Crippen LogP contribution is -2.06. The minimum absolute atomic E-state index is 0.344. The van der Waals surface area contributed by atoms with Gasteiger partial charge in [0.15, 0.2) is 0 Å². The highest BCUT2D eigenvalue weighted by atomic mass is 17.2. The number of rotatable bonds is 15. The fourth-order valence-corrected chi connectivity index (χ4v) is 2.45. The number of unbranched alkanes of at least 4 members (excludes halogenated alkanes) is 8. The van der Waals surface area contributed by atoms with Crippen LogP contribution in [-0.4, -0.2) is 25.2 Å². The van der Waals surface area contributed by atoms with E-state index in [4.69, 9.17) is 14.5 Å². The molecule has 0 aliphatic carbocycles. The summed E-state index contributed by atoms with van der Waals surface area (Å²) in [6.45, 7) is 4.28. The van der Waals surface area contributed by atoms with Crippen molar-refractivity contribution in [3.8, 4) is 0 Å². The molecule has 0 spiro atoms. The van der Waals surface area contributed by atoms with Gasteiger partial charge in [0.05, 0.1) is 18.8 Å². The highest BCUT2D eigenvalue weighted by Gasteiger charge is 2.06. The van der Waals surface area contributed by atoms with Crippen molar-refractivity contribution < 1.29 is 24.1 Å². The normalized spacial score (nSPS) is 10.3. The molecule has 0 amide bonds. The Balaban J connectivity index is 1.80. The standard InChI is InChI=1S/C21H30O5/c1-2-20(22)24-17-13-8-6-4-3-5-7-9-14-18-25-26-21(23)19-15-11-10-12-16-19/h2,10-12,15-16H,1,3-9,13-14,17-18H2. The molecule has 0 saturated heterocycles. The van der Waals surface area contributed by atoms with Crippen molar-refractivity contribution in [1.29, 1.82) is 0 Å². The lowest BCUT2D eigenvalue weighted by atomic mass is 10.1. The van der Waals surface area contributed by atoms with Gasteiger partial charge in [0.2, 0.25) is 0 Å². The second kappa shape index (κ2) is 15.1. The van der Waals surface area contributed by atoms with Crippen LogP contribution in [0.3, 0.4) is 0 Å². The summed E-state index contributed by atoms with van der Waals surface area (Å²) in [5.41, 5.74) is 0.492. The molecule has 0 aromatic heterocycles. The van der Waals surface area contributed by atoms with Crippen molar-refractivity contribution in [3.63, 3.8) is 0 Å². The minimum Gasteiger partial charge on any atom is -0.463 e. The Labute approximate surface area is 156 Å². The van der Waals surface area contributed by atoms with Crippen molar-refractivity contribution in [2.45, 2.75) is 57.8 Å². The van der Waals surface area contributed by atoms with Crippen LogP contribution in [0, 0.1) is 0 Å². The topological polar surface area (TPSA) is 61.8 Å². The summed E-state index contributed by atoms with van der Waals surface area (Å²) >= 11 is 0. The molecule has 1 aromatic rings. The van der Waals surface area contributed by atoms with Crippen LogP contribution >= 0.6 is 0 Å². The largest absolute Gasteiger partial charge is 0.463 e. The summed E-state index contributed by atoms with van der Waals surface area (Å²) in [4.78, 5) is 32.2. The van der Waals surface area contributed by atoms with Crippen LogP contribution < -0.4 is 0 Å². The van der Waals surface area contributed by atoms with Crippen molar-refractivity contribution >= 4 is 11.9 Å². The predicted octanol–water partition coefficient (Wildman–Crippen LogP) is 5.02. The van der Waals surface area contributed by atoms with Gasteiger partial charge in [-0.2, -0.15) is 4.89 Å². The Morgan fingerprint density at radius 1 is 0.808 bits per heavy atom. The van der Waals surface area contributed by atoms with Gasteiger partial charge in [-0.25, -0.2) is 9.59 Å². The molecule has 1 aromatic carbocycles. The lowest BCUT2D eigenvalue weighted by Gasteiger charge is -2.04. The number of carbonyl (C=O) groups excluding carboxylic acids is 2. The molecular weight excluding hydrogens is 332 g/mol. The SMILES string of the molecule is C=CC(=O)OCCCCCCCCCCCOOC(=O)c1ccccc1. The summed E-state index contributed by atoms with van der Waals surface area (Å²) in [6, 6.07) is 8.81. The van der Waals surface area contributed by atoms with Gasteiger partial charge in [-0.1, -0.05) is 69.7 Å². The Morgan fingerprint density at radius 3 is 1.92 bits per heavy atom. The number of ether oxygens (including phenoxy) is 1. The van der Waals surface area contributed by atoms with Gasteiger partial charge in [-0.05, 0) is 25.0 Å². The summed E-state index contributed by atoms with van der Waals surface area (Å²) in [6.07, 6.45) is 11.1. The number of hydrogen-bond acceptors (Lipinski definition) is 5. The molecule has 0 bridgehead atoms. The average Bonchev–Trinajstić information content (AvgIpc) is 2.68. The third-order valence-electron chi connectivity index (χ3n) is 3.93. The highest BCUT2D eigenvalue weighted by Crippen LogP contribution is 2.10. The maximum Gasteiger partial charge on any atom is 0.373 e. The summed E-state index contributed by atoms with van der Waals surface area (Å²) in [5, 5.41) is 0. The Hall–Kier alpha value is -2.14. The van der Waals surface area contributed by atoms with Crippen molar-refractivity contribution in [3.05, 3.63) is 48.6 Å². The third-order valence-corrected chi connectivity index (χ3v) is 3.93. The lowest BCUT2D eigenvalue weighted by molar-refractivity contribution is -0.241. The third kappa shape index (κ3) is 11.4. The molecule has 5 nitrogen and oxygen atoms in total. The second-order valence-corrected chi connectivity index (χ2v) is 6.11. The highest BCUT2D eigenvalue weighted by molar-refractivity contribution is 5.88. The van der Waals surface area contributed by atoms with Crippen molar-refractivity contribution in [2.75, 3.05) is 13.2 Å².